The minimum atomic E-state index is 0.793. The minimum absolute atomic E-state index is 0.793. The van der Waals surface area contributed by atoms with Gasteiger partial charge in [0.05, 0.1) is 44.5 Å². The van der Waals surface area contributed by atoms with Crippen LogP contribution in [0, 0.1) is 0 Å². The molecule has 6 nitrogen and oxygen atoms in total. The quantitative estimate of drug-likeness (QED) is 0.122. The van der Waals surface area contributed by atoms with E-state index < -0.39 is 0 Å². The van der Waals surface area contributed by atoms with Crippen molar-refractivity contribution in [3.05, 3.63) is 328 Å². The third-order valence-electron chi connectivity index (χ3n) is 16.7. The van der Waals surface area contributed by atoms with Gasteiger partial charge in [-0.1, -0.05) is 206 Å². The number of nitrogens with zero attached hydrogens (tertiary/aromatic N) is 6. The van der Waals surface area contributed by atoms with Crippen molar-refractivity contribution in [2.24, 2.45) is 0 Å². The molecule has 0 unspecified atom stereocenters. The van der Waals surface area contributed by atoms with Gasteiger partial charge in [-0.3, -0.25) is 0 Å². The third-order valence-corrected chi connectivity index (χ3v) is 16.7. The Morgan fingerprint density at radius 2 is 0.465 bits per heavy atom. The maximum Gasteiger partial charge on any atom is 0.0979 e. The molecular formula is C80H54N6. The van der Waals surface area contributed by atoms with Gasteiger partial charge in [0, 0.05) is 89.3 Å². The van der Waals surface area contributed by atoms with E-state index >= 15 is 0 Å². The highest BCUT2D eigenvalue weighted by molar-refractivity contribution is 6.10. The first kappa shape index (κ1) is 50.2. The molecule has 0 saturated heterocycles. The van der Waals surface area contributed by atoms with Crippen LogP contribution in [-0.4, -0.2) is 19.1 Å². The van der Waals surface area contributed by atoms with Gasteiger partial charge >= 0.3 is 0 Å². The van der Waals surface area contributed by atoms with Crippen molar-refractivity contribution in [2.45, 2.75) is 0 Å². The maximum atomic E-state index is 5.78. The lowest BCUT2D eigenvalue weighted by atomic mass is 9.96. The lowest BCUT2D eigenvalue weighted by Crippen LogP contribution is -2.10. The Bertz CT molecular complexity index is 4680. The molecule has 0 N–H and O–H groups in total. The summed E-state index contributed by atoms with van der Waals surface area (Å²) in [4.78, 5) is 16.2. The number of rotatable bonds is 12. The summed E-state index contributed by atoms with van der Waals surface area (Å²) in [5, 5.41) is 4.97. The van der Waals surface area contributed by atoms with Crippen LogP contribution in [0.1, 0.15) is 0 Å². The maximum absolute atomic E-state index is 5.78. The highest BCUT2D eigenvalue weighted by atomic mass is 15.1. The van der Waals surface area contributed by atoms with Gasteiger partial charge in [-0.05, 0) is 132 Å². The van der Waals surface area contributed by atoms with Gasteiger partial charge in [0.15, 0.2) is 0 Å². The van der Waals surface area contributed by atoms with Crippen LogP contribution >= 0.6 is 0 Å². The summed E-state index contributed by atoms with van der Waals surface area (Å²) in [7, 11) is 0. The summed E-state index contributed by atoms with van der Waals surface area (Å²) in [5.41, 5.74) is 22.6. The van der Waals surface area contributed by atoms with Crippen molar-refractivity contribution in [1.29, 1.82) is 0 Å². The van der Waals surface area contributed by atoms with Crippen LogP contribution in [0.2, 0.25) is 0 Å². The van der Waals surface area contributed by atoms with E-state index in [-0.39, 0.29) is 0 Å². The van der Waals surface area contributed by atoms with Crippen LogP contribution in [0.25, 0.3) is 111 Å². The molecule has 0 radical (unpaired) electrons. The summed E-state index contributed by atoms with van der Waals surface area (Å²) in [6.07, 6.45) is 0. The average Bonchev–Trinajstić information content (AvgIpc) is 2.75. The molecule has 0 aliphatic carbocycles. The Balaban J connectivity index is 0.820. The van der Waals surface area contributed by atoms with E-state index in [1.807, 2.05) is 0 Å². The Labute approximate surface area is 498 Å². The van der Waals surface area contributed by atoms with E-state index in [1.54, 1.807) is 0 Å². The topological polar surface area (TPSA) is 42.1 Å². The van der Waals surface area contributed by atoms with Crippen molar-refractivity contribution < 1.29 is 0 Å². The molecule has 0 saturated carbocycles. The zero-order chi connectivity index (χ0) is 56.9. The normalized spacial score (nSPS) is 11.5. The summed E-state index contributed by atoms with van der Waals surface area (Å²) in [5.74, 6) is 0. The lowest BCUT2D eigenvalue weighted by Gasteiger charge is -2.26. The number of fused-ring (bicyclic) bond motifs is 7. The van der Waals surface area contributed by atoms with E-state index in [9.17, 15) is 0 Å². The van der Waals surface area contributed by atoms with Crippen LogP contribution in [0.5, 0.6) is 0 Å². The van der Waals surface area contributed by atoms with Gasteiger partial charge in [-0.25, -0.2) is 9.97 Å². The molecule has 0 bridgehead atoms. The summed E-state index contributed by atoms with van der Waals surface area (Å²) in [6.45, 7) is 0. The average molecular weight is 1100 g/mol. The van der Waals surface area contributed by atoms with Crippen LogP contribution in [0.4, 0.5) is 34.1 Å². The first-order valence-corrected chi connectivity index (χ1v) is 29.2. The Hall–Kier alpha value is -11.6. The molecule has 0 fully saturated rings. The van der Waals surface area contributed by atoms with Crippen LogP contribution in [0.3, 0.4) is 0 Å². The summed E-state index contributed by atoms with van der Waals surface area (Å²) >= 11 is 0. The highest BCUT2D eigenvalue weighted by Crippen LogP contribution is 2.44. The molecule has 3 heterocycles. The molecule has 16 rings (SSSR count). The molecule has 13 aromatic carbocycles. The van der Waals surface area contributed by atoms with Gasteiger partial charge < -0.3 is 18.9 Å². The second-order valence-electron chi connectivity index (χ2n) is 21.7. The van der Waals surface area contributed by atoms with Crippen LogP contribution < -0.4 is 9.80 Å². The smallest absolute Gasteiger partial charge is 0.0979 e. The zero-order valence-corrected chi connectivity index (χ0v) is 46.9. The third kappa shape index (κ3) is 8.75. The van der Waals surface area contributed by atoms with Gasteiger partial charge in [0.2, 0.25) is 0 Å². The monoisotopic (exact) mass is 1100 g/mol. The second kappa shape index (κ2) is 21.3. The van der Waals surface area contributed by atoms with E-state index in [0.717, 1.165) is 101 Å². The van der Waals surface area contributed by atoms with Crippen molar-refractivity contribution >= 4 is 88.8 Å². The van der Waals surface area contributed by atoms with Gasteiger partial charge in [0.1, 0.15) is 0 Å². The first-order chi connectivity index (χ1) is 42.7. The van der Waals surface area contributed by atoms with Crippen molar-refractivity contribution in [3.63, 3.8) is 0 Å². The number of anilines is 6. The first-order valence-electron chi connectivity index (χ1n) is 29.2. The van der Waals surface area contributed by atoms with E-state index in [2.05, 4.69) is 347 Å². The summed E-state index contributed by atoms with van der Waals surface area (Å²) in [6, 6.07) is 117. The minimum Gasteiger partial charge on any atom is -0.311 e. The van der Waals surface area contributed by atoms with Crippen LogP contribution in [0.15, 0.2) is 328 Å². The standard InChI is InChI=1S/C80H54N6/c1-5-21-55(22-6-1)67-53-54-68(56-23-7-2-8-24-56)80-79(67)81-77(57-37-41-61(42-38-57)83(59-25-9-3-10-26-59)63-45-49-65(50-46-63)85-73-33-17-13-29-69(73)70-30-14-18-34-74(70)85)78(82-80)58-39-43-62(44-40-58)84(60-27-11-4-12-28-60)64-47-51-66(52-48-64)86-75-35-19-15-31-71(75)72-32-16-20-36-76(72)86/h1-54H. The van der Waals surface area contributed by atoms with E-state index in [0.29, 0.717) is 0 Å². The fourth-order valence-electron chi connectivity index (χ4n) is 12.7. The molecule has 86 heavy (non-hydrogen) atoms. The highest BCUT2D eigenvalue weighted by Gasteiger charge is 2.23. The molecule has 0 aliphatic heterocycles. The SMILES string of the molecule is c1ccc(-c2ccc(-c3ccccc3)c3nc(-c4ccc(N(c5ccccc5)c5ccc(-n6c7ccccc7c7ccccc76)cc5)cc4)c(-c4ccc(N(c5ccccc5)c5ccc(-n6c7ccccc7c7ccccc76)cc5)cc4)nc23)cc1. The number of benzene rings is 13. The molecule has 404 valence electrons. The number of hydrogen-bond acceptors (Lipinski definition) is 4. The fourth-order valence-corrected chi connectivity index (χ4v) is 12.7. The Kier molecular flexibility index (Phi) is 12.4. The molecule has 0 amide bonds. The number of para-hydroxylation sites is 6. The van der Waals surface area contributed by atoms with Gasteiger partial charge in [-0.15, -0.1) is 0 Å². The van der Waals surface area contributed by atoms with Gasteiger partial charge in [-0.2, -0.15) is 0 Å². The molecule has 0 atom stereocenters. The Morgan fingerprint density at radius 1 is 0.209 bits per heavy atom. The predicted molar refractivity (Wildman–Crippen MR) is 359 cm³/mol. The molecule has 0 spiro atoms. The molecular weight excluding hydrogens is 1040 g/mol. The van der Waals surface area contributed by atoms with Crippen LogP contribution in [-0.2, 0) is 0 Å². The molecule has 6 heteroatoms. The van der Waals surface area contributed by atoms with Crippen molar-refractivity contribution in [1.82, 2.24) is 19.1 Å². The Morgan fingerprint density at radius 3 is 0.779 bits per heavy atom. The molecule has 0 aliphatic rings. The molecule has 3 aromatic heterocycles. The largest absolute Gasteiger partial charge is 0.311 e. The fraction of sp³-hybridized carbons (Fsp3) is 0. The molecule has 16 aromatic rings. The second-order valence-corrected chi connectivity index (χ2v) is 21.7. The lowest BCUT2D eigenvalue weighted by molar-refractivity contribution is 1.17. The van der Waals surface area contributed by atoms with E-state index in [1.165, 1.54) is 43.6 Å². The summed E-state index contributed by atoms with van der Waals surface area (Å²) < 4.78 is 4.73. The van der Waals surface area contributed by atoms with E-state index in [4.69, 9.17) is 9.97 Å². The van der Waals surface area contributed by atoms with Gasteiger partial charge in [0.25, 0.3) is 0 Å². The van der Waals surface area contributed by atoms with Crippen molar-refractivity contribution in [3.8, 4) is 56.1 Å². The number of hydrogen-bond donors (Lipinski definition) is 0. The zero-order valence-electron chi connectivity index (χ0n) is 46.9. The number of aromatic nitrogens is 4. The predicted octanol–water partition coefficient (Wildman–Crippen LogP) is 21.4. The van der Waals surface area contributed by atoms with Crippen molar-refractivity contribution in [2.75, 3.05) is 9.80 Å².